The Balaban J connectivity index is 1.19. The second-order valence-corrected chi connectivity index (χ2v) is 10.0. The molecule has 2 amide bonds. The number of aryl methyl sites for hydroxylation is 1. The van der Waals surface area contributed by atoms with Crippen LogP contribution in [0.2, 0.25) is 0 Å². The summed E-state index contributed by atoms with van der Waals surface area (Å²) in [7, 11) is 1.65. The van der Waals surface area contributed by atoms with Gasteiger partial charge in [-0.3, -0.25) is 14.5 Å². The number of piperidine rings is 4. The quantitative estimate of drug-likeness (QED) is 0.747. The molecule has 6 nitrogen and oxygen atoms in total. The standard InChI is InChI=1S/C25H35N3O3/c1-17-12-21(31-2)6-7-22(17)25(30)26-10-8-20(9-11-26)27-14-18-13-19(16-27)23-4-3-5-24(29)28(23)15-18/h6-7,12,18-20,23H,3-5,8-11,13-16H2,1-2H3/t18-,19-,23-/m1/s1. The highest BCUT2D eigenvalue weighted by molar-refractivity contribution is 5.95. The average molecular weight is 426 g/mol. The van der Waals surface area contributed by atoms with E-state index in [1.165, 1.54) is 12.8 Å². The Morgan fingerprint density at radius 2 is 1.90 bits per heavy atom. The third-order valence-corrected chi connectivity index (χ3v) is 8.14. The lowest BCUT2D eigenvalue weighted by atomic mass is 9.75. The molecule has 31 heavy (non-hydrogen) atoms. The molecule has 4 saturated heterocycles. The number of carbonyl (C=O) groups excluding carboxylic acids is 2. The van der Waals surface area contributed by atoms with Crippen molar-refractivity contribution in [3.05, 3.63) is 29.3 Å². The van der Waals surface area contributed by atoms with Gasteiger partial charge < -0.3 is 14.5 Å². The van der Waals surface area contributed by atoms with Gasteiger partial charge in [-0.1, -0.05) is 0 Å². The molecule has 4 aliphatic heterocycles. The highest BCUT2D eigenvalue weighted by Crippen LogP contribution is 2.39. The van der Waals surface area contributed by atoms with E-state index in [-0.39, 0.29) is 5.91 Å². The van der Waals surface area contributed by atoms with Crippen LogP contribution < -0.4 is 4.74 Å². The van der Waals surface area contributed by atoms with E-state index in [4.69, 9.17) is 4.74 Å². The number of amides is 2. The summed E-state index contributed by atoms with van der Waals surface area (Å²) in [5.41, 5.74) is 1.76. The van der Waals surface area contributed by atoms with Crippen LogP contribution in [0.25, 0.3) is 0 Å². The Labute approximate surface area is 185 Å². The van der Waals surface area contributed by atoms with Crippen molar-refractivity contribution in [2.75, 3.05) is 39.8 Å². The number of benzene rings is 1. The summed E-state index contributed by atoms with van der Waals surface area (Å²) in [5.74, 6) is 2.59. The van der Waals surface area contributed by atoms with Gasteiger partial charge in [-0.05, 0) is 74.6 Å². The molecule has 2 bridgehead atoms. The number of ether oxygens (including phenoxy) is 1. The van der Waals surface area contributed by atoms with Crippen molar-refractivity contribution in [3.8, 4) is 5.75 Å². The molecule has 0 saturated carbocycles. The van der Waals surface area contributed by atoms with E-state index < -0.39 is 0 Å². The molecule has 1 aromatic rings. The van der Waals surface area contributed by atoms with Crippen LogP contribution >= 0.6 is 0 Å². The van der Waals surface area contributed by atoms with Gasteiger partial charge in [0, 0.05) is 56.8 Å². The first-order valence-electron chi connectivity index (χ1n) is 12.0. The molecule has 6 heteroatoms. The van der Waals surface area contributed by atoms with Crippen LogP contribution in [0.4, 0.5) is 0 Å². The van der Waals surface area contributed by atoms with Gasteiger partial charge in [0.2, 0.25) is 5.91 Å². The predicted octanol–water partition coefficient (Wildman–Crippen LogP) is 2.94. The molecule has 0 spiro atoms. The number of fused-ring (bicyclic) bond motifs is 4. The van der Waals surface area contributed by atoms with E-state index in [0.29, 0.717) is 29.8 Å². The second kappa shape index (κ2) is 8.45. The molecule has 1 aromatic carbocycles. The summed E-state index contributed by atoms with van der Waals surface area (Å²) >= 11 is 0. The van der Waals surface area contributed by atoms with Gasteiger partial charge in [0.05, 0.1) is 7.11 Å². The van der Waals surface area contributed by atoms with Gasteiger partial charge in [-0.15, -0.1) is 0 Å². The molecule has 4 aliphatic rings. The van der Waals surface area contributed by atoms with Crippen LogP contribution in [0.3, 0.4) is 0 Å². The largest absolute Gasteiger partial charge is 0.497 e. The van der Waals surface area contributed by atoms with Gasteiger partial charge >= 0.3 is 0 Å². The summed E-state index contributed by atoms with van der Waals surface area (Å²) < 4.78 is 5.27. The minimum absolute atomic E-state index is 0.144. The highest BCUT2D eigenvalue weighted by Gasteiger charge is 2.45. The number of methoxy groups -OCH3 is 1. The fraction of sp³-hybridized carbons (Fsp3) is 0.680. The summed E-state index contributed by atoms with van der Waals surface area (Å²) in [6.07, 6.45) is 6.39. The topological polar surface area (TPSA) is 53.1 Å². The third-order valence-electron chi connectivity index (χ3n) is 8.14. The smallest absolute Gasteiger partial charge is 0.254 e. The normalized spacial score (nSPS) is 29.6. The lowest BCUT2D eigenvalue weighted by Gasteiger charge is -2.54. The Hall–Kier alpha value is -2.08. The van der Waals surface area contributed by atoms with Crippen LogP contribution in [0.5, 0.6) is 5.75 Å². The van der Waals surface area contributed by atoms with E-state index in [1.54, 1.807) is 7.11 Å². The molecule has 0 radical (unpaired) electrons. The first-order valence-corrected chi connectivity index (χ1v) is 12.0. The van der Waals surface area contributed by atoms with Crippen LogP contribution in [0, 0.1) is 18.8 Å². The first-order chi connectivity index (χ1) is 15.0. The van der Waals surface area contributed by atoms with E-state index in [2.05, 4.69) is 9.80 Å². The summed E-state index contributed by atoms with van der Waals surface area (Å²) in [6.45, 7) is 6.84. The lowest BCUT2D eigenvalue weighted by molar-refractivity contribution is -0.145. The zero-order valence-electron chi connectivity index (χ0n) is 18.9. The van der Waals surface area contributed by atoms with Crippen LogP contribution in [0.15, 0.2) is 18.2 Å². The Morgan fingerprint density at radius 3 is 2.65 bits per heavy atom. The molecule has 0 unspecified atom stereocenters. The SMILES string of the molecule is COc1ccc(C(=O)N2CCC(N3C[C@H]4C[C@H](C3)[C@H]3CCCC(=O)N3C4)CC2)c(C)c1. The van der Waals surface area contributed by atoms with Crippen molar-refractivity contribution in [1.82, 2.24) is 14.7 Å². The molecule has 168 valence electrons. The number of hydrogen-bond acceptors (Lipinski definition) is 4. The van der Waals surface area contributed by atoms with E-state index in [9.17, 15) is 9.59 Å². The van der Waals surface area contributed by atoms with Gasteiger partial charge in [0.1, 0.15) is 5.75 Å². The van der Waals surface area contributed by atoms with E-state index in [0.717, 1.165) is 75.3 Å². The van der Waals surface area contributed by atoms with Crippen LogP contribution in [0.1, 0.15) is 54.4 Å². The minimum atomic E-state index is 0.144. The second-order valence-electron chi connectivity index (χ2n) is 10.0. The van der Waals surface area contributed by atoms with Gasteiger partial charge in [0.25, 0.3) is 5.91 Å². The van der Waals surface area contributed by atoms with Crippen molar-refractivity contribution in [2.45, 2.75) is 57.5 Å². The molecule has 0 N–H and O–H groups in total. The van der Waals surface area contributed by atoms with E-state index >= 15 is 0 Å². The van der Waals surface area contributed by atoms with Crippen molar-refractivity contribution in [3.63, 3.8) is 0 Å². The van der Waals surface area contributed by atoms with Crippen LogP contribution in [-0.4, -0.2) is 78.4 Å². The Bertz CT molecular complexity index is 848. The molecule has 5 rings (SSSR count). The first kappa shape index (κ1) is 20.8. The summed E-state index contributed by atoms with van der Waals surface area (Å²) in [5, 5.41) is 0. The molecular formula is C25H35N3O3. The number of likely N-dealkylation sites (tertiary alicyclic amines) is 2. The highest BCUT2D eigenvalue weighted by atomic mass is 16.5. The maximum absolute atomic E-state index is 13.1. The van der Waals surface area contributed by atoms with E-state index in [1.807, 2.05) is 30.0 Å². The van der Waals surface area contributed by atoms with Gasteiger partial charge in [-0.25, -0.2) is 0 Å². The predicted molar refractivity (Wildman–Crippen MR) is 119 cm³/mol. The van der Waals surface area contributed by atoms with Gasteiger partial charge in [-0.2, -0.15) is 0 Å². The fourth-order valence-electron chi connectivity index (χ4n) is 6.55. The molecule has 4 heterocycles. The summed E-state index contributed by atoms with van der Waals surface area (Å²) in [4.78, 5) is 32.4. The zero-order chi connectivity index (χ0) is 21.5. The van der Waals surface area contributed by atoms with Crippen molar-refractivity contribution in [1.29, 1.82) is 0 Å². The Morgan fingerprint density at radius 1 is 1.10 bits per heavy atom. The third kappa shape index (κ3) is 3.95. The average Bonchev–Trinajstić information content (AvgIpc) is 2.79. The number of rotatable bonds is 3. The Kier molecular flexibility index (Phi) is 5.67. The molecular weight excluding hydrogens is 390 g/mol. The number of carbonyl (C=O) groups is 2. The molecule has 4 fully saturated rings. The maximum atomic E-state index is 13.1. The monoisotopic (exact) mass is 425 g/mol. The van der Waals surface area contributed by atoms with Gasteiger partial charge in [0.15, 0.2) is 0 Å². The molecule has 0 aromatic heterocycles. The minimum Gasteiger partial charge on any atom is -0.497 e. The molecule has 3 atom stereocenters. The number of nitrogens with zero attached hydrogens (tertiary/aromatic N) is 3. The van der Waals surface area contributed by atoms with Crippen LogP contribution in [-0.2, 0) is 4.79 Å². The molecule has 0 aliphatic carbocycles. The summed E-state index contributed by atoms with van der Waals surface area (Å²) in [6, 6.07) is 6.74. The van der Waals surface area contributed by atoms with Crippen molar-refractivity contribution < 1.29 is 14.3 Å². The lowest BCUT2D eigenvalue weighted by Crippen LogP contribution is -2.62. The zero-order valence-corrected chi connectivity index (χ0v) is 18.9. The fourth-order valence-corrected chi connectivity index (χ4v) is 6.55. The maximum Gasteiger partial charge on any atom is 0.254 e. The van der Waals surface area contributed by atoms with Crippen molar-refractivity contribution in [2.24, 2.45) is 11.8 Å². The van der Waals surface area contributed by atoms with Crippen molar-refractivity contribution >= 4 is 11.8 Å². The number of hydrogen-bond donors (Lipinski definition) is 0.